The smallest absolute Gasteiger partial charge is 0.159 e. The Hall–Kier alpha value is -3.36. The second-order valence-corrected chi connectivity index (χ2v) is 8.71. The maximum atomic E-state index is 5.66. The Labute approximate surface area is 186 Å². The van der Waals surface area contributed by atoms with E-state index in [1.54, 1.807) is 4.68 Å². The molecule has 32 heavy (non-hydrogen) atoms. The van der Waals surface area contributed by atoms with Gasteiger partial charge in [-0.3, -0.25) is 9.36 Å². The first kappa shape index (κ1) is 19.3. The maximum absolute atomic E-state index is 5.66. The number of aryl methyl sites for hydroxylation is 1. The summed E-state index contributed by atoms with van der Waals surface area (Å²) in [5.74, 6) is 0.707. The number of ether oxygens (including phenoxy) is 1. The molecule has 6 rings (SSSR count). The van der Waals surface area contributed by atoms with Gasteiger partial charge in [-0.25, -0.2) is 9.97 Å². The van der Waals surface area contributed by atoms with Gasteiger partial charge in [0.1, 0.15) is 0 Å². The molecule has 2 fully saturated rings. The summed E-state index contributed by atoms with van der Waals surface area (Å²) < 4.78 is 9.57. The topological polar surface area (TPSA) is 82.7 Å². The number of hydrogen-bond donors (Lipinski definition) is 1. The third-order valence-electron chi connectivity index (χ3n) is 6.34. The number of nitrogens with zero attached hydrogens (tertiary/aromatic N) is 6. The van der Waals surface area contributed by atoms with Gasteiger partial charge in [0.2, 0.25) is 0 Å². The Bertz CT molecular complexity index is 1220. The Morgan fingerprint density at radius 1 is 0.844 bits per heavy atom. The van der Waals surface area contributed by atoms with Gasteiger partial charge in [0.05, 0.1) is 31.6 Å². The summed E-state index contributed by atoms with van der Waals surface area (Å²) in [6, 6.07) is 9.48. The monoisotopic (exact) mass is 427 g/mol. The molecule has 162 valence electrons. The van der Waals surface area contributed by atoms with E-state index >= 15 is 0 Å². The van der Waals surface area contributed by atoms with E-state index in [-0.39, 0.29) is 0 Å². The predicted octanol–water partition coefficient (Wildman–Crippen LogP) is 3.10. The van der Waals surface area contributed by atoms with Gasteiger partial charge in [-0.05, 0) is 24.5 Å². The van der Waals surface area contributed by atoms with Gasteiger partial charge in [0.15, 0.2) is 5.82 Å². The lowest BCUT2D eigenvalue weighted by Crippen LogP contribution is -2.54. The van der Waals surface area contributed by atoms with Crippen LogP contribution in [-0.2, 0) is 11.8 Å². The molecule has 0 spiro atoms. The molecule has 2 bridgehead atoms. The molecule has 2 saturated heterocycles. The summed E-state index contributed by atoms with van der Waals surface area (Å²) in [7, 11) is 1.92. The van der Waals surface area contributed by atoms with Crippen LogP contribution in [0.2, 0.25) is 0 Å². The minimum Gasteiger partial charge on any atom is -0.378 e. The molecule has 0 aliphatic carbocycles. The van der Waals surface area contributed by atoms with Crippen LogP contribution in [0.25, 0.3) is 33.6 Å². The number of benzene rings is 1. The summed E-state index contributed by atoms with van der Waals surface area (Å²) in [5, 5.41) is 12.6. The van der Waals surface area contributed by atoms with Crippen LogP contribution in [0.1, 0.15) is 18.9 Å². The fourth-order valence-electron chi connectivity index (χ4n) is 4.74. The quantitative estimate of drug-likeness (QED) is 0.539. The summed E-state index contributed by atoms with van der Waals surface area (Å²) in [5.41, 5.74) is 5.17. The average molecular weight is 428 g/mol. The van der Waals surface area contributed by atoms with Crippen molar-refractivity contribution in [2.75, 3.05) is 13.2 Å². The Morgan fingerprint density at radius 2 is 1.56 bits per heavy atom. The van der Waals surface area contributed by atoms with Crippen molar-refractivity contribution in [3.05, 3.63) is 61.4 Å². The lowest BCUT2D eigenvalue weighted by atomic mass is 9.93. The normalized spacial score (nSPS) is 22.7. The van der Waals surface area contributed by atoms with Crippen LogP contribution in [0.4, 0.5) is 0 Å². The molecule has 4 aromatic rings. The molecular weight excluding hydrogens is 402 g/mol. The number of fused-ring (bicyclic) bond motifs is 2. The molecule has 2 unspecified atom stereocenters. The van der Waals surface area contributed by atoms with Crippen LogP contribution in [0.15, 0.2) is 61.4 Å². The molecule has 8 heteroatoms. The van der Waals surface area contributed by atoms with Crippen LogP contribution in [0.5, 0.6) is 0 Å². The minimum absolute atomic E-state index is 0.402. The van der Waals surface area contributed by atoms with Crippen molar-refractivity contribution in [2.45, 2.75) is 31.0 Å². The highest BCUT2D eigenvalue weighted by Crippen LogP contribution is 2.30. The summed E-state index contributed by atoms with van der Waals surface area (Å²) in [6.07, 6.45) is 13.7. The highest BCUT2D eigenvalue weighted by atomic mass is 16.5. The lowest BCUT2D eigenvalue weighted by Gasteiger charge is -2.40. The number of aromatic nitrogens is 6. The van der Waals surface area contributed by atoms with Gasteiger partial charge in [-0.15, -0.1) is 0 Å². The van der Waals surface area contributed by atoms with Crippen molar-refractivity contribution in [1.82, 2.24) is 34.8 Å². The first-order chi connectivity index (χ1) is 15.7. The summed E-state index contributed by atoms with van der Waals surface area (Å²) >= 11 is 0. The van der Waals surface area contributed by atoms with Gasteiger partial charge >= 0.3 is 0 Å². The third-order valence-corrected chi connectivity index (χ3v) is 6.34. The van der Waals surface area contributed by atoms with E-state index in [9.17, 15) is 0 Å². The second kappa shape index (κ2) is 7.96. The van der Waals surface area contributed by atoms with Gasteiger partial charge in [-0.1, -0.05) is 18.2 Å². The Kier molecular flexibility index (Phi) is 4.81. The standard InChI is InChI=1S/C24H25N7O/c1-30-12-19(10-27-30)16-3-2-4-17(5-16)24-25-8-18(9-26-24)20-11-28-31(13-20)23-6-21-14-32-15-22(7-23)29-21/h2-5,8-13,21-23,29H,6-7,14-15H2,1H3. The predicted molar refractivity (Wildman–Crippen MR) is 121 cm³/mol. The van der Waals surface area contributed by atoms with Crippen molar-refractivity contribution < 1.29 is 4.74 Å². The number of hydrogen-bond acceptors (Lipinski definition) is 6. The largest absolute Gasteiger partial charge is 0.378 e. The lowest BCUT2D eigenvalue weighted by molar-refractivity contribution is 0.00855. The van der Waals surface area contributed by atoms with Crippen LogP contribution >= 0.6 is 0 Å². The fraction of sp³-hybridized carbons (Fsp3) is 0.333. The van der Waals surface area contributed by atoms with E-state index in [0.29, 0.717) is 23.9 Å². The number of morpholine rings is 1. The van der Waals surface area contributed by atoms with Crippen molar-refractivity contribution in [1.29, 1.82) is 0 Å². The fourth-order valence-corrected chi connectivity index (χ4v) is 4.74. The summed E-state index contributed by atoms with van der Waals surface area (Å²) in [6.45, 7) is 1.58. The van der Waals surface area contributed by atoms with E-state index in [1.807, 2.05) is 50.2 Å². The van der Waals surface area contributed by atoms with E-state index in [4.69, 9.17) is 4.74 Å². The van der Waals surface area contributed by atoms with E-state index in [1.165, 1.54) is 0 Å². The van der Waals surface area contributed by atoms with E-state index in [2.05, 4.69) is 48.5 Å². The second-order valence-electron chi connectivity index (χ2n) is 8.71. The zero-order valence-electron chi connectivity index (χ0n) is 17.9. The number of rotatable bonds is 4. The molecule has 5 heterocycles. The maximum Gasteiger partial charge on any atom is 0.159 e. The minimum atomic E-state index is 0.402. The van der Waals surface area contributed by atoms with Crippen molar-refractivity contribution >= 4 is 0 Å². The average Bonchev–Trinajstić information content (AvgIpc) is 3.49. The Balaban J connectivity index is 1.21. The van der Waals surface area contributed by atoms with Gasteiger partial charge in [0, 0.05) is 66.2 Å². The first-order valence-corrected chi connectivity index (χ1v) is 11.0. The molecule has 0 radical (unpaired) electrons. The van der Waals surface area contributed by atoms with Crippen LogP contribution in [0, 0.1) is 0 Å². The van der Waals surface area contributed by atoms with Crippen molar-refractivity contribution in [3.63, 3.8) is 0 Å². The van der Waals surface area contributed by atoms with Crippen LogP contribution in [-0.4, -0.2) is 54.8 Å². The van der Waals surface area contributed by atoms with E-state index in [0.717, 1.165) is 53.9 Å². The molecule has 1 aromatic carbocycles. The SMILES string of the molecule is Cn1cc(-c2cccc(-c3ncc(-c4cnn(C5CC6COCC(C5)N6)c4)cn3)c2)cn1. The Morgan fingerprint density at radius 3 is 2.31 bits per heavy atom. The highest BCUT2D eigenvalue weighted by molar-refractivity contribution is 5.70. The third kappa shape index (κ3) is 3.72. The molecule has 0 saturated carbocycles. The van der Waals surface area contributed by atoms with Crippen molar-refractivity contribution in [2.24, 2.45) is 7.05 Å². The van der Waals surface area contributed by atoms with Gasteiger partial charge < -0.3 is 10.1 Å². The number of piperidine rings is 1. The number of nitrogens with one attached hydrogen (secondary N) is 1. The van der Waals surface area contributed by atoms with Crippen LogP contribution in [0.3, 0.4) is 0 Å². The zero-order valence-corrected chi connectivity index (χ0v) is 17.9. The molecule has 8 nitrogen and oxygen atoms in total. The molecular formula is C24H25N7O. The van der Waals surface area contributed by atoms with Crippen molar-refractivity contribution in [3.8, 4) is 33.6 Å². The summed E-state index contributed by atoms with van der Waals surface area (Å²) in [4.78, 5) is 9.28. The molecule has 2 aliphatic heterocycles. The first-order valence-electron chi connectivity index (χ1n) is 11.0. The zero-order chi connectivity index (χ0) is 21.5. The molecule has 2 atom stereocenters. The molecule has 1 N–H and O–H groups in total. The molecule has 2 aliphatic rings. The van der Waals surface area contributed by atoms with Gasteiger partial charge in [-0.2, -0.15) is 10.2 Å². The van der Waals surface area contributed by atoms with E-state index < -0.39 is 0 Å². The molecule has 0 amide bonds. The molecule has 3 aromatic heterocycles. The van der Waals surface area contributed by atoms with Gasteiger partial charge in [0.25, 0.3) is 0 Å². The van der Waals surface area contributed by atoms with Crippen LogP contribution < -0.4 is 5.32 Å². The highest BCUT2D eigenvalue weighted by Gasteiger charge is 2.33.